The van der Waals surface area contributed by atoms with Crippen LogP contribution in [0, 0.1) is 35.5 Å². The highest BCUT2D eigenvalue weighted by Gasteiger charge is 2.62. The van der Waals surface area contributed by atoms with Crippen molar-refractivity contribution in [3.8, 4) is 0 Å². The molecule has 2 aromatic heterocycles. The zero-order valence-corrected chi connectivity index (χ0v) is 26.9. The van der Waals surface area contributed by atoms with Crippen molar-refractivity contribution in [3.63, 3.8) is 0 Å². The van der Waals surface area contributed by atoms with Gasteiger partial charge in [0, 0.05) is 30.9 Å². The van der Waals surface area contributed by atoms with Crippen molar-refractivity contribution in [2.24, 2.45) is 35.5 Å². The van der Waals surface area contributed by atoms with E-state index in [2.05, 4.69) is 70.9 Å². The van der Waals surface area contributed by atoms with Crippen LogP contribution < -0.4 is 10.6 Å². The number of rotatable bonds is 8. The second-order valence-electron chi connectivity index (χ2n) is 15.6. The molecule has 218 valence electrons. The van der Waals surface area contributed by atoms with Crippen LogP contribution in [0.1, 0.15) is 88.2 Å². The van der Waals surface area contributed by atoms with Crippen molar-refractivity contribution in [3.05, 3.63) is 84.4 Å². The molecule has 8 aliphatic carbocycles. The van der Waals surface area contributed by atoms with Gasteiger partial charge in [0.05, 0.1) is 0 Å². The Morgan fingerprint density at radius 2 is 0.929 bits per heavy atom. The highest BCUT2D eigenvalue weighted by atomic mass is 31.1. The predicted molar refractivity (Wildman–Crippen MR) is 177 cm³/mol. The Balaban J connectivity index is 1.11. The van der Waals surface area contributed by atoms with E-state index < -0.39 is 7.92 Å². The van der Waals surface area contributed by atoms with Crippen LogP contribution in [0.15, 0.2) is 73.3 Å². The maximum Gasteiger partial charge on any atom is 0.0348 e. The lowest BCUT2D eigenvalue weighted by Crippen LogP contribution is -2.56. The maximum atomic E-state index is 4.55. The predicted octanol–water partition coefficient (Wildman–Crippen LogP) is 9.03. The Labute approximate surface area is 255 Å². The topological polar surface area (TPSA) is 25.8 Å². The molecular weight excluding hydrogens is 546 g/mol. The lowest BCUT2D eigenvalue weighted by Gasteiger charge is -2.67. The molecule has 8 bridgehead atoms. The fourth-order valence-electron chi connectivity index (χ4n) is 12.2. The lowest BCUT2D eigenvalue weighted by atomic mass is 9.55. The van der Waals surface area contributed by atoms with E-state index >= 15 is 0 Å². The zero-order valence-electron chi connectivity index (χ0n) is 25.1. The van der Waals surface area contributed by atoms with Crippen LogP contribution in [-0.2, 0) is 12.3 Å². The Kier molecular flexibility index (Phi) is 6.68. The first-order valence-corrected chi connectivity index (χ1v) is 20.1. The van der Waals surface area contributed by atoms with Crippen molar-refractivity contribution in [1.29, 1.82) is 0 Å². The average Bonchev–Trinajstić information content (AvgIpc) is 2.98. The summed E-state index contributed by atoms with van der Waals surface area (Å²) in [5.41, 5.74) is 3.31. The molecule has 11 rings (SSSR count). The summed E-state index contributed by atoms with van der Waals surface area (Å²) in [7, 11) is -0.593. The number of benzene rings is 1. The van der Waals surface area contributed by atoms with E-state index in [1.54, 1.807) is 88.2 Å². The van der Waals surface area contributed by atoms with Gasteiger partial charge in [-0.15, -0.1) is 0 Å². The number of hydrogen-bond acceptors (Lipinski definition) is 2. The second-order valence-corrected chi connectivity index (χ2v) is 20.9. The van der Waals surface area contributed by atoms with Crippen LogP contribution in [0.2, 0.25) is 0 Å². The highest BCUT2D eigenvalue weighted by Crippen LogP contribution is 2.79. The monoisotopic (exact) mass is 592 g/mol. The Morgan fingerprint density at radius 1 is 0.524 bits per heavy atom. The summed E-state index contributed by atoms with van der Waals surface area (Å²) < 4.78 is 0. The highest BCUT2D eigenvalue weighted by molar-refractivity contribution is 7.72. The van der Waals surface area contributed by atoms with Gasteiger partial charge in [0.15, 0.2) is 0 Å². The molecule has 42 heavy (non-hydrogen) atoms. The van der Waals surface area contributed by atoms with E-state index in [1.807, 2.05) is 12.4 Å². The second kappa shape index (κ2) is 10.5. The smallest absolute Gasteiger partial charge is 0.0348 e. The number of pyridine rings is 2. The molecule has 2 nitrogen and oxygen atoms in total. The SMILES string of the molecule is c1cncc(P(Cc2ccccc2CP(C23CC4CC(CC(C4)C2)C3)C23CC4CC(CC(C4)C2)C3)c2cccnc2)c1. The summed E-state index contributed by atoms with van der Waals surface area (Å²) in [5.74, 6) is 6.30. The Morgan fingerprint density at radius 3 is 1.31 bits per heavy atom. The normalized spacial score (nSPS) is 38.3. The van der Waals surface area contributed by atoms with Crippen molar-refractivity contribution >= 4 is 26.5 Å². The first kappa shape index (κ1) is 26.8. The molecular formula is C38H46N2P2. The minimum Gasteiger partial charge on any atom is -0.264 e. The molecule has 8 aliphatic rings. The Bertz CT molecular complexity index is 1270. The van der Waals surface area contributed by atoms with E-state index in [0.29, 0.717) is 10.3 Å². The maximum absolute atomic E-state index is 4.55. The van der Waals surface area contributed by atoms with Crippen molar-refractivity contribution in [1.82, 2.24) is 9.97 Å². The molecule has 4 heteroatoms. The van der Waals surface area contributed by atoms with Gasteiger partial charge < -0.3 is 0 Å². The molecule has 1 aromatic carbocycles. The van der Waals surface area contributed by atoms with Gasteiger partial charge in [0.1, 0.15) is 0 Å². The van der Waals surface area contributed by atoms with Gasteiger partial charge in [-0.1, -0.05) is 44.3 Å². The largest absolute Gasteiger partial charge is 0.264 e. The summed E-state index contributed by atoms with van der Waals surface area (Å²) in [4.78, 5) is 9.11. The summed E-state index contributed by atoms with van der Waals surface area (Å²) in [6, 6.07) is 18.6. The van der Waals surface area contributed by atoms with E-state index in [1.165, 1.54) is 16.8 Å². The number of nitrogens with zero attached hydrogens (tertiary/aromatic N) is 2. The molecule has 0 radical (unpaired) electrons. The molecule has 3 aromatic rings. The van der Waals surface area contributed by atoms with Crippen molar-refractivity contribution in [2.45, 2.75) is 99.7 Å². The van der Waals surface area contributed by atoms with Gasteiger partial charge in [0.25, 0.3) is 0 Å². The summed E-state index contributed by atoms with van der Waals surface area (Å²) in [6.45, 7) is 0. The fourth-order valence-corrected chi connectivity index (χ4v) is 19.6. The summed E-state index contributed by atoms with van der Waals surface area (Å²) in [6.07, 6.45) is 29.5. The van der Waals surface area contributed by atoms with Crippen molar-refractivity contribution in [2.75, 3.05) is 0 Å². The first-order valence-electron chi connectivity index (χ1n) is 17.1. The third kappa shape index (κ3) is 4.65. The van der Waals surface area contributed by atoms with Gasteiger partial charge in [-0.2, -0.15) is 0 Å². The number of hydrogen-bond donors (Lipinski definition) is 0. The van der Waals surface area contributed by atoms with Crippen LogP contribution in [0.4, 0.5) is 0 Å². The molecule has 0 spiro atoms. The van der Waals surface area contributed by atoms with E-state index in [9.17, 15) is 0 Å². The minimum absolute atomic E-state index is 0.0523. The van der Waals surface area contributed by atoms with Gasteiger partial charge in [-0.3, -0.25) is 9.97 Å². The third-order valence-corrected chi connectivity index (χ3v) is 19.3. The van der Waals surface area contributed by atoms with Crippen molar-refractivity contribution < 1.29 is 0 Å². The van der Waals surface area contributed by atoms with E-state index in [-0.39, 0.29) is 7.92 Å². The van der Waals surface area contributed by atoms with Gasteiger partial charge in [0.2, 0.25) is 0 Å². The van der Waals surface area contributed by atoms with Crippen LogP contribution >= 0.6 is 15.8 Å². The quantitative estimate of drug-likeness (QED) is 0.244. The van der Waals surface area contributed by atoms with Crippen LogP contribution in [0.25, 0.3) is 0 Å². The molecule has 0 aliphatic heterocycles. The first-order chi connectivity index (χ1) is 20.6. The summed E-state index contributed by atoms with van der Waals surface area (Å²) >= 11 is 0. The van der Waals surface area contributed by atoms with Gasteiger partial charge in [-0.25, -0.2) is 0 Å². The van der Waals surface area contributed by atoms with Gasteiger partial charge >= 0.3 is 0 Å². The average molecular weight is 593 g/mol. The van der Waals surface area contributed by atoms with E-state index in [4.69, 9.17) is 0 Å². The molecule has 0 amide bonds. The zero-order chi connectivity index (χ0) is 27.7. The molecule has 2 heterocycles. The standard InChI is InChI=1S/C38H46N2P2/c1-2-6-34(33(5-1)25-41(35-7-3-9-39-23-35)36-8-4-10-40-24-36)26-42(37-17-27-11-28(18-37)13-29(12-27)19-37)38-20-30-14-31(21-38)16-32(15-30)22-38/h1-10,23-24,27-32H,11-22,25-26H2. The molecule has 0 saturated heterocycles. The molecule has 0 atom stereocenters. The fraction of sp³-hybridized carbons (Fsp3) is 0.579. The van der Waals surface area contributed by atoms with E-state index in [0.717, 1.165) is 41.7 Å². The minimum atomic E-state index is -0.540. The molecule has 8 fully saturated rings. The van der Waals surface area contributed by atoms with Gasteiger partial charge in [-0.05, 0) is 171 Å². The molecule has 8 saturated carbocycles. The van der Waals surface area contributed by atoms with Crippen LogP contribution in [0.5, 0.6) is 0 Å². The number of aromatic nitrogens is 2. The lowest BCUT2D eigenvalue weighted by molar-refractivity contribution is 0.0184. The third-order valence-electron chi connectivity index (χ3n) is 12.8. The molecule has 0 N–H and O–H groups in total. The molecule has 0 unspecified atom stereocenters. The Hall–Kier alpha value is -1.62. The van der Waals surface area contributed by atoms with Crippen LogP contribution in [-0.4, -0.2) is 20.3 Å². The van der Waals surface area contributed by atoms with Crippen LogP contribution in [0.3, 0.4) is 0 Å². The summed E-state index contributed by atoms with van der Waals surface area (Å²) in [5, 5.41) is 4.11.